The van der Waals surface area contributed by atoms with E-state index in [1.54, 1.807) is 30.1 Å². The number of thioether (sulfide) groups is 1. The van der Waals surface area contributed by atoms with Gasteiger partial charge in [-0.15, -0.1) is 6.58 Å². The molecule has 0 spiro atoms. The van der Waals surface area contributed by atoms with E-state index < -0.39 is 0 Å². The number of nitrogens with zero attached hydrogens (tertiary/aromatic N) is 2. The summed E-state index contributed by atoms with van der Waals surface area (Å²) in [6.45, 7) is 4.52. The first kappa shape index (κ1) is 22.1. The van der Waals surface area contributed by atoms with Crippen molar-refractivity contribution in [1.29, 1.82) is 0 Å². The zero-order chi connectivity index (χ0) is 22.8. The number of amides is 2. The van der Waals surface area contributed by atoms with Gasteiger partial charge in [-0.2, -0.15) is 0 Å². The number of para-hydroxylation sites is 1. The molecule has 6 nitrogen and oxygen atoms in total. The van der Waals surface area contributed by atoms with Crippen LogP contribution in [0.25, 0.3) is 5.57 Å². The molecule has 0 aliphatic carbocycles. The molecule has 1 fully saturated rings. The second kappa shape index (κ2) is 9.18. The smallest absolute Gasteiger partial charge is 0.267 e. The van der Waals surface area contributed by atoms with Crippen LogP contribution in [0.15, 0.2) is 60.0 Å². The number of anilines is 1. The van der Waals surface area contributed by atoms with Crippen molar-refractivity contribution < 1.29 is 19.1 Å². The molecule has 4 rings (SSSR count). The minimum atomic E-state index is -0.237. The highest BCUT2D eigenvalue weighted by Crippen LogP contribution is 2.44. The van der Waals surface area contributed by atoms with Gasteiger partial charge in [0.25, 0.3) is 11.8 Å². The molecular formula is C24H22N2O4S2. The van der Waals surface area contributed by atoms with Gasteiger partial charge in [0.1, 0.15) is 4.32 Å². The van der Waals surface area contributed by atoms with Crippen molar-refractivity contribution in [2.45, 2.75) is 6.42 Å². The van der Waals surface area contributed by atoms with Crippen LogP contribution in [0.5, 0.6) is 11.5 Å². The summed E-state index contributed by atoms with van der Waals surface area (Å²) in [5, 5.41) is 0. The molecule has 0 saturated carbocycles. The molecule has 8 heteroatoms. The largest absolute Gasteiger partial charge is 0.493 e. The zero-order valence-electron chi connectivity index (χ0n) is 17.8. The fraction of sp³-hybridized carbons (Fsp3) is 0.208. The fourth-order valence-corrected chi connectivity index (χ4v) is 5.21. The number of fused-ring (bicyclic) bond motifs is 1. The second-order valence-corrected chi connectivity index (χ2v) is 8.83. The van der Waals surface area contributed by atoms with Crippen LogP contribution in [-0.4, -0.2) is 48.3 Å². The molecule has 2 amide bonds. The Labute approximate surface area is 196 Å². The summed E-state index contributed by atoms with van der Waals surface area (Å²) >= 11 is 6.68. The Morgan fingerprint density at radius 1 is 1.03 bits per heavy atom. The average Bonchev–Trinajstić information content (AvgIpc) is 3.24. The molecule has 2 heterocycles. The van der Waals surface area contributed by atoms with Gasteiger partial charge in [0.05, 0.1) is 30.4 Å². The lowest BCUT2D eigenvalue weighted by molar-refractivity contribution is -0.122. The highest BCUT2D eigenvalue weighted by molar-refractivity contribution is 8.26. The SMILES string of the molecule is C=CCN1C(=O)/C(=C2\SC(=S)N(CCc3ccc(OC)c(OC)c3)C2=O)c2ccccc21. The predicted molar refractivity (Wildman–Crippen MR) is 131 cm³/mol. The lowest BCUT2D eigenvalue weighted by atomic mass is 10.1. The Hall–Kier alpha value is -3.10. The van der Waals surface area contributed by atoms with Crippen LogP contribution >= 0.6 is 24.0 Å². The van der Waals surface area contributed by atoms with Gasteiger partial charge in [0, 0.05) is 18.7 Å². The van der Waals surface area contributed by atoms with Gasteiger partial charge in [-0.05, 0) is 30.2 Å². The van der Waals surface area contributed by atoms with E-state index >= 15 is 0 Å². The summed E-state index contributed by atoms with van der Waals surface area (Å²) in [5.41, 5.74) is 2.93. The van der Waals surface area contributed by atoms with Gasteiger partial charge in [-0.25, -0.2) is 0 Å². The third-order valence-corrected chi connectivity index (χ3v) is 6.83. The lowest BCUT2D eigenvalue weighted by Gasteiger charge is -2.15. The van der Waals surface area contributed by atoms with E-state index in [9.17, 15) is 9.59 Å². The fourth-order valence-electron chi connectivity index (χ4n) is 3.83. The number of hydrogen-bond acceptors (Lipinski definition) is 6. The topological polar surface area (TPSA) is 59.1 Å². The zero-order valence-corrected chi connectivity index (χ0v) is 19.4. The number of thiocarbonyl (C=S) groups is 1. The van der Waals surface area contributed by atoms with E-state index in [2.05, 4.69) is 6.58 Å². The molecule has 164 valence electrons. The first-order valence-electron chi connectivity index (χ1n) is 10.0. The van der Waals surface area contributed by atoms with Gasteiger partial charge in [0.2, 0.25) is 0 Å². The van der Waals surface area contributed by atoms with E-state index in [1.165, 1.54) is 11.8 Å². The number of hydrogen-bond donors (Lipinski definition) is 0. The molecule has 0 atom stereocenters. The van der Waals surface area contributed by atoms with Crippen molar-refractivity contribution in [2.24, 2.45) is 0 Å². The van der Waals surface area contributed by atoms with Gasteiger partial charge in [0.15, 0.2) is 11.5 Å². The van der Waals surface area contributed by atoms with Crippen LogP contribution in [0.3, 0.4) is 0 Å². The molecule has 32 heavy (non-hydrogen) atoms. The number of methoxy groups -OCH3 is 2. The lowest BCUT2D eigenvalue weighted by Crippen LogP contribution is -2.31. The van der Waals surface area contributed by atoms with E-state index in [0.717, 1.165) is 16.8 Å². The maximum absolute atomic E-state index is 13.3. The maximum Gasteiger partial charge on any atom is 0.267 e. The van der Waals surface area contributed by atoms with Crippen LogP contribution in [0.2, 0.25) is 0 Å². The normalized spacial score (nSPS) is 17.8. The van der Waals surface area contributed by atoms with Crippen LogP contribution in [0.4, 0.5) is 5.69 Å². The number of ether oxygens (including phenoxy) is 2. The van der Waals surface area contributed by atoms with Crippen molar-refractivity contribution >= 4 is 51.4 Å². The second-order valence-electron chi connectivity index (χ2n) is 7.19. The molecule has 0 bridgehead atoms. The van der Waals surface area contributed by atoms with Crippen LogP contribution in [-0.2, 0) is 16.0 Å². The number of carbonyl (C=O) groups excluding carboxylic acids is 2. The Morgan fingerprint density at radius 3 is 2.50 bits per heavy atom. The maximum atomic E-state index is 13.3. The predicted octanol–water partition coefficient (Wildman–Crippen LogP) is 4.05. The Morgan fingerprint density at radius 2 is 1.78 bits per heavy atom. The summed E-state index contributed by atoms with van der Waals surface area (Å²) in [7, 11) is 3.17. The number of rotatable bonds is 7. The van der Waals surface area contributed by atoms with E-state index in [-0.39, 0.29) is 11.8 Å². The molecular weight excluding hydrogens is 444 g/mol. The summed E-state index contributed by atoms with van der Waals surface area (Å²) in [5.74, 6) is 0.840. The van der Waals surface area contributed by atoms with E-state index in [1.807, 2.05) is 42.5 Å². The quantitative estimate of drug-likeness (QED) is 0.349. The molecule has 0 aromatic heterocycles. The Bertz CT molecular complexity index is 1160. The first-order valence-corrected chi connectivity index (χ1v) is 11.2. The van der Waals surface area contributed by atoms with Gasteiger partial charge >= 0.3 is 0 Å². The van der Waals surface area contributed by atoms with E-state index in [4.69, 9.17) is 21.7 Å². The monoisotopic (exact) mass is 466 g/mol. The highest BCUT2D eigenvalue weighted by atomic mass is 32.2. The van der Waals surface area contributed by atoms with Crippen molar-refractivity contribution in [3.63, 3.8) is 0 Å². The molecule has 2 aliphatic rings. The average molecular weight is 467 g/mol. The van der Waals surface area contributed by atoms with Crippen molar-refractivity contribution in [1.82, 2.24) is 4.90 Å². The third kappa shape index (κ3) is 3.80. The summed E-state index contributed by atoms with van der Waals surface area (Å²) in [6, 6.07) is 13.1. The van der Waals surface area contributed by atoms with Gasteiger partial charge in [-0.1, -0.05) is 54.3 Å². The van der Waals surface area contributed by atoms with E-state index in [0.29, 0.717) is 45.8 Å². The Balaban J connectivity index is 1.60. The minimum absolute atomic E-state index is 0.202. The van der Waals surface area contributed by atoms with Gasteiger partial charge < -0.3 is 14.4 Å². The molecule has 0 N–H and O–H groups in total. The molecule has 2 aromatic carbocycles. The van der Waals surface area contributed by atoms with Crippen molar-refractivity contribution in [3.8, 4) is 11.5 Å². The van der Waals surface area contributed by atoms with Crippen molar-refractivity contribution in [3.05, 3.63) is 71.2 Å². The van der Waals surface area contributed by atoms with Crippen LogP contribution in [0, 0.1) is 0 Å². The summed E-state index contributed by atoms with van der Waals surface area (Å²) < 4.78 is 11.1. The standard InChI is InChI=1S/C24H22N2O4S2/c1-4-12-25-17-8-6-5-7-16(17)20(22(25)27)21-23(28)26(24(31)32-21)13-11-15-9-10-18(29-2)19(14-15)30-3/h4-10,14H,1,11-13H2,2-3H3/b21-20-. The molecule has 2 aromatic rings. The highest BCUT2D eigenvalue weighted by Gasteiger charge is 2.41. The Kier molecular flexibility index (Phi) is 6.34. The van der Waals surface area contributed by atoms with Crippen molar-refractivity contribution in [2.75, 3.05) is 32.2 Å². The van der Waals surface area contributed by atoms with Crippen LogP contribution in [0.1, 0.15) is 11.1 Å². The van der Waals surface area contributed by atoms with Crippen LogP contribution < -0.4 is 14.4 Å². The summed E-state index contributed by atoms with van der Waals surface area (Å²) in [6.07, 6.45) is 2.26. The summed E-state index contributed by atoms with van der Waals surface area (Å²) in [4.78, 5) is 30.0. The molecule has 0 radical (unpaired) electrons. The third-order valence-electron chi connectivity index (χ3n) is 5.38. The minimum Gasteiger partial charge on any atom is -0.493 e. The molecule has 2 aliphatic heterocycles. The van der Waals surface area contributed by atoms with Gasteiger partial charge in [-0.3, -0.25) is 14.5 Å². The molecule has 0 unspecified atom stereocenters. The number of benzene rings is 2. The first-order chi connectivity index (χ1) is 15.5. The number of carbonyl (C=O) groups is 2. The molecule has 1 saturated heterocycles.